The molecule has 30 nitrogen and oxygen atoms in total. The fourth-order valence-electron chi connectivity index (χ4n) is 11.8. The van der Waals surface area contributed by atoms with Crippen molar-refractivity contribution in [2.45, 2.75) is 63.9 Å². The fraction of sp³-hybridized carbons (Fsp3) is 0.187. The number of nitrogens with zero attached hydrogens (tertiary/aromatic N) is 12. The Morgan fingerprint density at radius 2 is 0.944 bits per heavy atom. The van der Waals surface area contributed by atoms with E-state index in [2.05, 4.69) is 102 Å². The van der Waals surface area contributed by atoms with Crippen molar-refractivity contribution >= 4 is 103 Å². The number of amides is 4. The summed E-state index contributed by atoms with van der Waals surface area (Å²) >= 11 is 6.59. The van der Waals surface area contributed by atoms with E-state index in [1.165, 1.54) is 53.5 Å². The van der Waals surface area contributed by atoms with Crippen molar-refractivity contribution in [2.24, 2.45) is 0 Å². The summed E-state index contributed by atoms with van der Waals surface area (Å²) < 4.78 is 24.6. The highest BCUT2D eigenvalue weighted by molar-refractivity contribution is 9.10. The molecule has 2 fully saturated rings. The first kappa shape index (κ1) is 75.1. The lowest BCUT2D eigenvalue weighted by Gasteiger charge is -2.15. The number of halogens is 2. The average Bonchev–Trinajstić information content (AvgIpc) is 1.62. The highest BCUT2D eigenvalue weighted by Crippen LogP contribution is 2.40. The molecule has 0 spiro atoms. The van der Waals surface area contributed by atoms with E-state index in [4.69, 9.17) is 30.2 Å². The van der Waals surface area contributed by atoms with Gasteiger partial charge in [0.15, 0.2) is 11.6 Å². The van der Waals surface area contributed by atoms with Crippen molar-refractivity contribution in [1.82, 2.24) is 70.4 Å². The van der Waals surface area contributed by atoms with Gasteiger partial charge < -0.3 is 59.8 Å². The number of nitrogen functional groups attached to an aromatic ring is 1. The van der Waals surface area contributed by atoms with Crippen LogP contribution in [0.3, 0.4) is 0 Å². The van der Waals surface area contributed by atoms with Gasteiger partial charge in [0.05, 0.1) is 57.2 Å². The molecule has 0 bridgehead atoms. The fourth-order valence-corrected chi connectivity index (χ4v) is 12.7. The summed E-state index contributed by atoms with van der Waals surface area (Å²) in [5.41, 5.74) is 17.6. The van der Waals surface area contributed by atoms with Crippen molar-refractivity contribution in [3.05, 3.63) is 247 Å². The zero-order chi connectivity index (χ0) is 76.3. The number of carbonyl (C=O) groups is 8. The second kappa shape index (κ2) is 33.7. The van der Waals surface area contributed by atoms with Gasteiger partial charge in [0.25, 0.3) is 23.6 Å². The van der Waals surface area contributed by atoms with Gasteiger partial charge in [-0.25, -0.2) is 29.1 Å². The van der Waals surface area contributed by atoms with Gasteiger partial charge >= 0.3 is 31.0 Å². The van der Waals surface area contributed by atoms with Crippen LogP contribution in [-0.4, -0.2) is 148 Å². The monoisotopic (exact) mass is 1580 g/mol. The Balaban J connectivity index is 0.000000128. The molecule has 11 aromatic rings. The zero-order valence-electron chi connectivity index (χ0n) is 58.0. The summed E-state index contributed by atoms with van der Waals surface area (Å²) in [4.78, 5) is 118. The molecule has 2 aliphatic carbocycles. The molecular formula is C75H65BBr2N16O14. The van der Waals surface area contributed by atoms with Gasteiger partial charge in [-0.3, -0.25) is 39.0 Å². The third kappa shape index (κ3) is 17.0. The van der Waals surface area contributed by atoms with Gasteiger partial charge in [-0.15, -0.1) is 20.4 Å². The van der Waals surface area contributed by atoms with Crippen LogP contribution >= 0.6 is 31.9 Å². The van der Waals surface area contributed by atoms with E-state index in [1.807, 2.05) is 47.0 Å². The summed E-state index contributed by atoms with van der Waals surface area (Å²) in [7, 11) is 3.89. The molecule has 11 heterocycles. The summed E-state index contributed by atoms with van der Waals surface area (Å²) in [6.07, 6.45) is 17.8. The van der Waals surface area contributed by atoms with Crippen molar-refractivity contribution in [1.29, 1.82) is 0 Å². The number of nitrogens with two attached hydrogens (primary N) is 1. The highest BCUT2D eigenvalue weighted by atomic mass is 79.9. The number of esters is 4. The van der Waals surface area contributed by atoms with Crippen molar-refractivity contribution in [3.8, 4) is 45.3 Å². The molecule has 4 aromatic carbocycles. The molecule has 0 radical (unpaired) electrons. The Kier molecular flexibility index (Phi) is 23.4. The van der Waals surface area contributed by atoms with Crippen LogP contribution in [0.4, 0.5) is 11.5 Å². The van der Waals surface area contributed by atoms with E-state index >= 15 is 0 Å². The summed E-state index contributed by atoms with van der Waals surface area (Å²) in [6, 6.07) is 36.2. The first-order chi connectivity index (χ1) is 52.2. The van der Waals surface area contributed by atoms with Crippen LogP contribution < -0.4 is 32.0 Å². The molecule has 6 aliphatic rings. The molecule has 33 heteroatoms. The van der Waals surface area contributed by atoms with Crippen LogP contribution in [0.1, 0.15) is 143 Å². The third-order valence-corrected chi connectivity index (χ3v) is 18.7. The topological polar surface area (TPSA) is 405 Å². The maximum Gasteiger partial charge on any atom is 0.490 e. The lowest BCUT2D eigenvalue weighted by atomic mass is 9.82. The van der Waals surface area contributed by atoms with E-state index < -0.39 is 31.0 Å². The van der Waals surface area contributed by atoms with Gasteiger partial charge in [-0.2, -0.15) is 0 Å². The number of hydrogen-bond acceptors (Lipinski definition) is 24. The van der Waals surface area contributed by atoms with Crippen molar-refractivity contribution < 1.29 is 67.4 Å². The van der Waals surface area contributed by atoms with Gasteiger partial charge in [-0.05, 0) is 182 Å². The molecule has 7 N–H and O–H groups in total. The smallest absolute Gasteiger partial charge is 0.465 e. The standard InChI is InChI=1S/C25H20N6O3.C15H12N2O3.C10H9BrN4.C10H8BrNO3.C10H10N2O3.C5H6BNO2/c1-34-25(33)20-10-16-13-30(24(32)19(16)11-18(20)15-4-3-9-26-12-15)22-6-2-5-21(28-22)23-29-27-14-31(23)17-7-8-17;1-20-15(19)13-5-10-8-17-14(18)12(10)6-11(13)9-3-2-4-16-7-9;11-9-3-1-2-8(13-9)10-14-12-6-15(10)7-4-5-7;2*1-15-10(14)7-2-5-4-12-9(13)6(5)3-8(7)11;8-6(9)5-2-1-3-7-4-5/h2-6,9-12,14,17H,7-8,13H2,1H3;2-7H,8H2,1H3,(H,17,18);1-3,6-7H,4-5H2;2-3H,4H2,1H3,(H,12,13);2-3H,4,11H2,1H3,(H,12,13);1-4,8-9H. The van der Waals surface area contributed by atoms with Crippen LogP contribution in [0.2, 0.25) is 0 Å². The number of fused-ring (bicyclic) bond motifs is 4. The third-order valence-electron chi connectivity index (χ3n) is 17.6. The number of anilines is 2. The number of carbonyl (C=O) groups excluding carboxylic acids is 8. The maximum absolute atomic E-state index is 13.4. The zero-order valence-corrected chi connectivity index (χ0v) is 61.2. The molecule has 0 atom stereocenters. The molecule has 546 valence electrons. The Morgan fingerprint density at radius 1 is 0.500 bits per heavy atom. The second-order valence-electron chi connectivity index (χ2n) is 24.6. The molecule has 0 unspecified atom stereocenters. The number of aromatic nitrogens is 11. The van der Waals surface area contributed by atoms with E-state index in [0.29, 0.717) is 121 Å². The molecule has 2 saturated carbocycles. The van der Waals surface area contributed by atoms with Crippen molar-refractivity contribution in [2.75, 3.05) is 39.1 Å². The Hall–Kier alpha value is -12.6. The first-order valence-corrected chi connectivity index (χ1v) is 34.9. The van der Waals surface area contributed by atoms with E-state index in [0.717, 1.165) is 62.3 Å². The number of ether oxygens (including phenoxy) is 4. The number of hydrogen-bond donors (Lipinski definition) is 6. The summed E-state index contributed by atoms with van der Waals surface area (Å²) in [6.45, 7) is 1.63. The number of rotatable bonds is 12. The Morgan fingerprint density at radius 3 is 1.42 bits per heavy atom. The van der Waals surface area contributed by atoms with E-state index in [-0.39, 0.29) is 29.3 Å². The molecule has 108 heavy (non-hydrogen) atoms. The number of methoxy groups -OCH3 is 4. The molecule has 17 rings (SSSR count). The normalized spacial score (nSPS) is 13.6. The molecule has 7 aromatic heterocycles. The molecule has 4 aliphatic heterocycles. The van der Waals surface area contributed by atoms with Crippen LogP contribution in [0, 0.1) is 0 Å². The minimum atomic E-state index is -1.40. The van der Waals surface area contributed by atoms with Gasteiger partial charge in [0.2, 0.25) is 0 Å². The number of nitrogens with one attached hydrogen (secondary N) is 3. The van der Waals surface area contributed by atoms with Crippen LogP contribution in [0.5, 0.6) is 0 Å². The largest absolute Gasteiger partial charge is 0.490 e. The SMILES string of the molecule is Brc1cccc(-c2nncn2C2CC2)n1.COC(=O)c1cc2c(cc1-c1cccnc1)C(=O)N(c1cccc(-c3nncn3C3CC3)n1)C2.COC(=O)c1cc2c(cc1-c1cccnc1)C(=O)NC2.COC(=O)c1cc2c(cc1Br)C(=O)NC2.COC(=O)c1cc2c(cc1N)C(=O)NC2.OB(O)c1cccnc1. The molecule has 0 saturated heterocycles. The number of benzene rings is 4. The number of pyridine rings is 5. The Bertz CT molecular complexity index is 5200. The summed E-state index contributed by atoms with van der Waals surface area (Å²) in [5, 5.41) is 41.5. The predicted molar refractivity (Wildman–Crippen MR) is 399 cm³/mol. The van der Waals surface area contributed by atoms with Crippen LogP contribution in [-0.2, 0) is 45.1 Å². The minimum absolute atomic E-state index is 0.109. The van der Waals surface area contributed by atoms with Crippen LogP contribution in [0.15, 0.2) is 180 Å². The lowest BCUT2D eigenvalue weighted by molar-refractivity contribution is 0.0591. The van der Waals surface area contributed by atoms with Gasteiger partial charge in [0, 0.05) is 118 Å². The van der Waals surface area contributed by atoms with E-state index in [1.54, 1.807) is 121 Å². The molecule has 4 amide bonds. The summed E-state index contributed by atoms with van der Waals surface area (Å²) in [5.74, 6) is -0.288. The Labute approximate surface area is 632 Å². The van der Waals surface area contributed by atoms with Crippen molar-refractivity contribution in [3.63, 3.8) is 0 Å². The average molecular weight is 1590 g/mol. The first-order valence-electron chi connectivity index (χ1n) is 33.3. The minimum Gasteiger partial charge on any atom is -0.465 e. The maximum atomic E-state index is 13.4. The van der Waals surface area contributed by atoms with Gasteiger partial charge in [-0.1, -0.05) is 30.3 Å². The predicted octanol–water partition coefficient (Wildman–Crippen LogP) is 8.44. The van der Waals surface area contributed by atoms with Crippen LogP contribution in [0.25, 0.3) is 45.3 Å². The quantitative estimate of drug-likeness (QED) is 0.0219. The second-order valence-corrected chi connectivity index (χ2v) is 26.2. The van der Waals surface area contributed by atoms with Gasteiger partial charge in [0.1, 0.15) is 34.5 Å². The lowest BCUT2D eigenvalue weighted by Crippen LogP contribution is -2.29. The highest BCUT2D eigenvalue weighted by Gasteiger charge is 2.35. The van der Waals surface area contributed by atoms with E-state index in [9.17, 15) is 38.4 Å². The molecular weight excluding hydrogens is 1520 g/mol.